The van der Waals surface area contributed by atoms with Gasteiger partial charge in [0.2, 0.25) is 0 Å². The normalized spacial score (nSPS) is 10.3. The summed E-state index contributed by atoms with van der Waals surface area (Å²) < 4.78 is 0. The van der Waals surface area contributed by atoms with E-state index in [1.807, 2.05) is 0 Å². The van der Waals surface area contributed by atoms with Crippen molar-refractivity contribution in [3.8, 4) is 5.75 Å². The molecule has 2 rings (SSSR count). The lowest BCUT2D eigenvalue weighted by molar-refractivity contribution is 0.0692. The molecule has 0 heterocycles. The van der Waals surface area contributed by atoms with Gasteiger partial charge >= 0.3 is 5.97 Å². The standard InChI is InChI=1S/C15H11ClO4/c1-8-2-5-13(17)12(6-8)14(18)11-7-9(16)3-4-10(11)15(19)20/h2-7,17H,1H3,(H,19,20). The van der Waals surface area contributed by atoms with E-state index in [2.05, 4.69) is 0 Å². The molecule has 5 heteroatoms. The monoisotopic (exact) mass is 290 g/mol. The van der Waals surface area contributed by atoms with E-state index in [0.29, 0.717) is 0 Å². The maximum atomic E-state index is 12.4. The maximum Gasteiger partial charge on any atom is 0.336 e. The van der Waals surface area contributed by atoms with Crippen LogP contribution in [0.2, 0.25) is 5.02 Å². The SMILES string of the molecule is Cc1ccc(O)c(C(=O)c2cc(Cl)ccc2C(=O)O)c1. The van der Waals surface area contributed by atoms with E-state index < -0.39 is 11.8 Å². The lowest BCUT2D eigenvalue weighted by Crippen LogP contribution is -2.10. The summed E-state index contributed by atoms with van der Waals surface area (Å²) >= 11 is 5.82. The Kier molecular flexibility index (Phi) is 3.77. The molecule has 0 fully saturated rings. The molecule has 20 heavy (non-hydrogen) atoms. The van der Waals surface area contributed by atoms with Crippen molar-refractivity contribution >= 4 is 23.4 Å². The van der Waals surface area contributed by atoms with Crippen molar-refractivity contribution < 1.29 is 19.8 Å². The molecule has 0 spiro atoms. The molecule has 0 atom stereocenters. The Balaban J connectivity index is 2.61. The fourth-order valence-corrected chi connectivity index (χ4v) is 2.04. The van der Waals surface area contributed by atoms with Crippen molar-refractivity contribution in [3.63, 3.8) is 0 Å². The van der Waals surface area contributed by atoms with Crippen LogP contribution in [0, 0.1) is 6.92 Å². The quantitative estimate of drug-likeness (QED) is 0.851. The summed E-state index contributed by atoms with van der Waals surface area (Å²) in [7, 11) is 0. The predicted molar refractivity (Wildman–Crippen MR) is 74.7 cm³/mol. The number of carboxylic acid groups (broad SMARTS) is 1. The summed E-state index contributed by atoms with van der Waals surface area (Å²) in [5, 5.41) is 19.1. The van der Waals surface area contributed by atoms with E-state index >= 15 is 0 Å². The molecule has 0 amide bonds. The second-order valence-electron chi connectivity index (χ2n) is 4.34. The van der Waals surface area contributed by atoms with Crippen LogP contribution in [0.4, 0.5) is 0 Å². The number of aryl methyl sites for hydroxylation is 1. The fourth-order valence-electron chi connectivity index (χ4n) is 1.87. The number of rotatable bonds is 3. The van der Waals surface area contributed by atoms with Gasteiger partial charge in [-0.15, -0.1) is 0 Å². The highest BCUT2D eigenvalue weighted by molar-refractivity contribution is 6.31. The van der Waals surface area contributed by atoms with Gasteiger partial charge in [-0.2, -0.15) is 0 Å². The van der Waals surface area contributed by atoms with Gasteiger partial charge in [0, 0.05) is 10.6 Å². The number of carbonyl (C=O) groups excluding carboxylic acids is 1. The number of phenols is 1. The first kappa shape index (κ1) is 14.1. The number of aromatic hydroxyl groups is 1. The Hall–Kier alpha value is -2.33. The van der Waals surface area contributed by atoms with Crippen LogP contribution in [0.1, 0.15) is 31.8 Å². The molecule has 0 unspecified atom stereocenters. The second-order valence-corrected chi connectivity index (χ2v) is 4.78. The zero-order valence-electron chi connectivity index (χ0n) is 10.6. The highest BCUT2D eigenvalue weighted by Gasteiger charge is 2.20. The molecule has 2 aromatic carbocycles. The first-order valence-electron chi connectivity index (χ1n) is 5.77. The van der Waals surface area contributed by atoms with Gasteiger partial charge < -0.3 is 10.2 Å². The molecule has 0 aromatic heterocycles. The Morgan fingerprint density at radius 2 is 1.70 bits per heavy atom. The van der Waals surface area contributed by atoms with E-state index in [1.165, 1.54) is 30.3 Å². The van der Waals surface area contributed by atoms with Crippen LogP contribution < -0.4 is 0 Å². The van der Waals surface area contributed by atoms with Crippen LogP contribution in [-0.4, -0.2) is 22.0 Å². The zero-order valence-corrected chi connectivity index (χ0v) is 11.3. The van der Waals surface area contributed by atoms with Gasteiger partial charge in [0.25, 0.3) is 0 Å². The molecule has 0 aliphatic rings. The summed E-state index contributed by atoms with van der Waals surface area (Å²) in [6.07, 6.45) is 0. The number of carboxylic acids is 1. The number of carbonyl (C=O) groups is 2. The lowest BCUT2D eigenvalue weighted by atomic mass is 9.96. The Labute approximate surface area is 120 Å². The summed E-state index contributed by atoms with van der Waals surface area (Å²) in [5.74, 6) is -2.00. The zero-order chi connectivity index (χ0) is 14.9. The van der Waals surface area contributed by atoms with Gasteiger partial charge in [0.1, 0.15) is 5.75 Å². The Morgan fingerprint density at radius 3 is 2.35 bits per heavy atom. The van der Waals surface area contributed by atoms with Crippen molar-refractivity contribution in [3.05, 3.63) is 63.7 Å². The van der Waals surface area contributed by atoms with Crippen molar-refractivity contribution in [1.29, 1.82) is 0 Å². The van der Waals surface area contributed by atoms with Crippen LogP contribution in [0.3, 0.4) is 0 Å². The van der Waals surface area contributed by atoms with Crippen molar-refractivity contribution in [1.82, 2.24) is 0 Å². The molecular formula is C15H11ClO4. The van der Waals surface area contributed by atoms with Crippen LogP contribution in [0.25, 0.3) is 0 Å². The average Bonchev–Trinajstić information content (AvgIpc) is 2.40. The lowest BCUT2D eigenvalue weighted by Gasteiger charge is -2.08. The third kappa shape index (κ3) is 2.65. The number of hydrogen-bond donors (Lipinski definition) is 2. The molecule has 102 valence electrons. The van der Waals surface area contributed by atoms with Gasteiger partial charge in [-0.1, -0.05) is 23.2 Å². The molecular weight excluding hydrogens is 280 g/mol. The minimum Gasteiger partial charge on any atom is -0.507 e. The Morgan fingerprint density at radius 1 is 1.00 bits per heavy atom. The topological polar surface area (TPSA) is 74.6 Å². The number of benzene rings is 2. The summed E-state index contributed by atoms with van der Waals surface area (Å²) in [4.78, 5) is 23.6. The smallest absolute Gasteiger partial charge is 0.336 e. The molecule has 0 bridgehead atoms. The number of halogens is 1. The van der Waals surface area contributed by atoms with Gasteiger partial charge in [0.05, 0.1) is 11.1 Å². The van der Waals surface area contributed by atoms with Crippen LogP contribution in [-0.2, 0) is 0 Å². The van der Waals surface area contributed by atoms with Gasteiger partial charge in [0.15, 0.2) is 5.78 Å². The molecule has 4 nitrogen and oxygen atoms in total. The summed E-state index contributed by atoms with van der Waals surface area (Å²) in [6, 6.07) is 8.51. The minimum absolute atomic E-state index is 0.0501. The predicted octanol–water partition coefficient (Wildman–Crippen LogP) is 3.28. The van der Waals surface area contributed by atoms with Crippen molar-refractivity contribution in [2.24, 2.45) is 0 Å². The fraction of sp³-hybridized carbons (Fsp3) is 0.0667. The van der Waals surface area contributed by atoms with Gasteiger partial charge in [-0.05, 0) is 37.3 Å². The highest BCUT2D eigenvalue weighted by Crippen LogP contribution is 2.25. The van der Waals surface area contributed by atoms with E-state index in [-0.39, 0.29) is 27.5 Å². The third-order valence-corrected chi connectivity index (χ3v) is 3.09. The van der Waals surface area contributed by atoms with Gasteiger partial charge in [-0.3, -0.25) is 4.79 Å². The van der Waals surface area contributed by atoms with E-state index in [4.69, 9.17) is 16.7 Å². The molecule has 0 aliphatic heterocycles. The second kappa shape index (κ2) is 5.35. The molecule has 0 aliphatic carbocycles. The van der Waals surface area contributed by atoms with Crippen molar-refractivity contribution in [2.75, 3.05) is 0 Å². The first-order chi connectivity index (χ1) is 9.40. The average molecular weight is 291 g/mol. The van der Waals surface area contributed by atoms with Crippen LogP contribution in [0.5, 0.6) is 5.75 Å². The highest BCUT2D eigenvalue weighted by atomic mass is 35.5. The summed E-state index contributed by atoms with van der Waals surface area (Å²) in [5.41, 5.74) is 0.631. The number of hydrogen-bond acceptors (Lipinski definition) is 3. The van der Waals surface area contributed by atoms with Crippen LogP contribution in [0.15, 0.2) is 36.4 Å². The molecule has 2 N–H and O–H groups in total. The first-order valence-corrected chi connectivity index (χ1v) is 6.15. The third-order valence-electron chi connectivity index (χ3n) is 2.85. The number of phenolic OH excluding ortho intramolecular Hbond substituents is 1. The number of ketones is 1. The van der Waals surface area contributed by atoms with Gasteiger partial charge in [-0.25, -0.2) is 4.79 Å². The maximum absolute atomic E-state index is 12.4. The van der Waals surface area contributed by atoms with E-state index in [9.17, 15) is 14.7 Å². The largest absolute Gasteiger partial charge is 0.507 e. The molecule has 2 aromatic rings. The van der Waals surface area contributed by atoms with Crippen LogP contribution >= 0.6 is 11.6 Å². The summed E-state index contributed by atoms with van der Waals surface area (Å²) in [6.45, 7) is 1.77. The molecule has 0 saturated carbocycles. The molecule has 0 saturated heterocycles. The van der Waals surface area contributed by atoms with E-state index in [1.54, 1.807) is 13.0 Å². The van der Waals surface area contributed by atoms with Crippen molar-refractivity contribution in [2.45, 2.75) is 6.92 Å². The van der Waals surface area contributed by atoms with E-state index in [0.717, 1.165) is 5.56 Å². The minimum atomic E-state index is -1.22. The Bertz CT molecular complexity index is 707. The molecule has 0 radical (unpaired) electrons. The number of aromatic carboxylic acids is 1.